The van der Waals surface area contributed by atoms with Crippen LogP contribution in [0.4, 0.5) is 13.2 Å². The number of nitrogens with zero attached hydrogens (tertiary/aromatic N) is 1. The molecule has 0 unspecified atom stereocenters. The number of carbonyl (C=O) groups is 1. The van der Waals surface area contributed by atoms with Crippen LogP contribution in [-0.4, -0.2) is 55.9 Å². The van der Waals surface area contributed by atoms with Gasteiger partial charge in [-0.25, -0.2) is 4.79 Å². The van der Waals surface area contributed by atoms with Gasteiger partial charge in [-0.1, -0.05) is 35.9 Å². The van der Waals surface area contributed by atoms with E-state index in [4.69, 9.17) is 31.0 Å². The van der Waals surface area contributed by atoms with E-state index in [0.29, 0.717) is 5.02 Å². The molecule has 38 heavy (non-hydrogen) atoms. The Balaban J connectivity index is 0.000000638. The van der Waals surface area contributed by atoms with Crippen molar-refractivity contribution in [3.63, 3.8) is 0 Å². The van der Waals surface area contributed by atoms with Gasteiger partial charge in [-0.05, 0) is 93.1 Å². The number of rotatable bonds is 12. The van der Waals surface area contributed by atoms with Crippen molar-refractivity contribution in [2.75, 3.05) is 33.8 Å². The monoisotopic (exact) mass is 552 g/mol. The molecule has 0 saturated carbocycles. The third-order valence-corrected chi connectivity index (χ3v) is 5.30. The maximum Gasteiger partial charge on any atom is 0.490 e. The van der Waals surface area contributed by atoms with Gasteiger partial charge in [-0.15, -0.1) is 0 Å². The van der Waals surface area contributed by atoms with Gasteiger partial charge in [0.25, 0.3) is 0 Å². The molecule has 0 aliphatic rings. The minimum atomic E-state index is -5.08. The van der Waals surface area contributed by atoms with Crippen LogP contribution >= 0.6 is 11.6 Å². The summed E-state index contributed by atoms with van der Waals surface area (Å²) in [5.41, 5.74) is 2.49. The lowest BCUT2D eigenvalue weighted by Crippen LogP contribution is -2.21. The van der Waals surface area contributed by atoms with Crippen molar-refractivity contribution in [3.8, 4) is 17.2 Å². The van der Waals surface area contributed by atoms with Crippen LogP contribution in [0.5, 0.6) is 17.2 Å². The quantitative estimate of drug-likeness (QED) is 0.252. The molecule has 0 aliphatic heterocycles. The Labute approximate surface area is 225 Å². The number of alkyl halides is 3. The highest BCUT2D eigenvalue weighted by molar-refractivity contribution is 6.30. The molecule has 3 aromatic carbocycles. The SMILES string of the molecule is CN(C)CCCOc1ccc(CCNCc2cccc(Oc3ccc(Cl)cc3)c2)cc1.O=C(O)C(F)(F)F. The number of benzene rings is 3. The molecule has 0 aliphatic carbocycles. The highest BCUT2D eigenvalue weighted by Gasteiger charge is 2.38. The van der Waals surface area contributed by atoms with Crippen LogP contribution in [-0.2, 0) is 17.8 Å². The second-order valence-corrected chi connectivity index (χ2v) is 9.02. The van der Waals surface area contributed by atoms with E-state index < -0.39 is 12.1 Å². The minimum Gasteiger partial charge on any atom is -0.494 e. The van der Waals surface area contributed by atoms with E-state index in [-0.39, 0.29) is 0 Å². The molecule has 3 aromatic rings. The fourth-order valence-corrected chi connectivity index (χ4v) is 3.27. The fourth-order valence-electron chi connectivity index (χ4n) is 3.15. The van der Waals surface area contributed by atoms with E-state index >= 15 is 0 Å². The van der Waals surface area contributed by atoms with Gasteiger partial charge in [0.1, 0.15) is 17.2 Å². The zero-order chi connectivity index (χ0) is 28.0. The lowest BCUT2D eigenvalue weighted by atomic mass is 10.1. The maximum absolute atomic E-state index is 10.6. The summed E-state index contributed by atoms with van der Waals surface area (Å²) in [6.07, 6.45) is -3.08. The Kier molecular flexibility index (Phi) is 12.9. The molecule has 0 radical (unpaired) electrons. The highest BCUT2D eigenvalue weighted by atomic mass is 35.5. The number of nitrogens with one attached hydrogen (secondary N) is 1. The summed E-state index contributed by atoms with van der Waals surface area (Å²) in [6, 6.07) is 23.9. The first kappa shape index (κ1) is 31.0. The van der Waals surface area contributed by atoms with E-state index in [1.54, 1.807) is 0 Å². The van der Waals surface area contributed by atoms with E-state index in [1.807, 2.05) is 36.4 Å². The molecule has 2 N–H and O–H groups in total. The highest BCUT2D eigenvalue weighted by Crippen LogP contribution is 2.24. The van der Waals surface area contributed by atoms with Crippen LogP contribution in [0, 0.1) is 0 Å². The number of halogens is 4. The van der Waals surface area contributed by atoms with Gasteiger partial charge in [0, 0.05) is 18.1 Å². The number of ether oxygens (including phenoxy) is 2. The van der Waals surface area contributed by atoms with Gasteiger partial charge in [0.05, 0.1) is 6.61 Å². The maximum atomic E-state index is 10.6. The van der Waals surface area contributed by atoms with Gasteiger partial charge in [0.15, 0.2) is 0 Å². The third kappa shape index (κ3) is 12.8. The molecule has 206 valence electrons. The van der Waals surface area contributed by atoms with Crippen molar-refractivity contribution in [2.45, 2.75) is 25.6 Å². The molecule has 6 nitrogen and oxygen atoms in total. The van der Waals surface area contributed by atoms with Crippen molar-refractivity contribution in [1.29, 1.82) is 0 Å². The van der Waals surface area contributed by atoms with Crippen LogP contribution in [0.3, 0.4) is 0 Å². The standard InChI is InChI=1S/C26H31ClN2O2.C2HF3O2/c1-29(2)17-4-18-30-24-11-7-21(8-12-24)15-16-28-20-22-5-3-6-26(19-22)31-25-13-9-23(27)10-14-25;3-2(4,5)1(6)7/h3,5-14,19,28H,4,15-18,20H2,1-2H3;(H,6,7). The zero-order valence-corrected chi connectivity index (χ0v) is 22.1. The second kappa shape index (κ2) is 15.9. The summed E-state index contributed by atoms with van der Waals surface area (Å²) in [5.74, 6) is -0.220. The summed E-state index contributed by atoms with van der Waals surface area (Å²) in [6.45, 7) is 3.50. The topological polar surface area (TPSA) is 71.0 Å². The summed E-state index contributed by atoms with van der Waals surface area (Å²) >= 11 is 5.93. The molecule has 0 bridgehead atoms. The molecule has 0 atom stereocenters. The average Bonchev–Trinajstić information content (AvgIpc) is 2.87. The van der Waals surface area contributed by atoms with Crippen molar-refractivity contribution in [3.05, 3.63) is 88.9 Å². The van der Waals surface area contributed by atoms with Crippen LogP contribution < -0.4 is 14.8 Å². The fraction of sp³-hybridized carbons (Fsp3) is 0.321. The van der Waals surface area contributed by atoms with Gasteiger partial charge in [0.2, 0.25) is 0 Å². The number of aliphatic carboxylic acids is 1. The Morgan fingerprint density at radius 2 is 1.58 bits per heavy atom. The number of hydrogen-bond donors (Lipinski definition) is 2. The third-order valence-electron chi connectivity index (χ3n) is 5.05. The largest absolute Gasteiger partial charge is 0.494 e. The Morgan fingerprint density at radius 3 is 2.18 bits per heavy atom. The van der Waals surface area contributed by atoms with Gasteiger partial charge in [-0.3, -0.25) is 0 Å². The molecule has 0 saturated heterocycles. The number of carboxylic acid groups (broad SMARTS) is 1. The Hall–Kier alpha value is -3.27. The summed E-state index contributed by atoms with van der Waals surface area (Å²) < 4.78 is 43.4. The first-order valence-corrected chi connectivity index (χ1v) is 12.3. The van der Waals surface area contributed by atoms with Gasteiger partial charge >= 0.3 is 12.1 Å². The molecule has 0 amide bonds. The molecule has 3 rings (SSSR count). The van der Waals surface area contributed by atoms with Crippen LogP contribution in [0.2, 0.25) is 5.02 Å². The van der Waals surface area contributed by atoms with Crippen molar-refractivity contribution in [2.24, 2.45) is 0 Å². The van der Waals surface area contributed by atoms with Crippen molar-refractivity contribution in [1.82, 2.24) is 10.2 Å². The van der Waals surface area contributed by atoms with E-state index in [1.165, 1.54) is 11.1 Å². The first-order chi connectivity index (χ1) is 18.0. The zero-order valence-electron chi connectivity index (χ0n) is 21.3. The lowest BCUT2D eigenvalue weighted by molar-refractivity contribution is -0.192. The van der Waals surface area contributed by atoms with Crippen LogP contribution in [0.1, 0.15) is 17.5 Å². The first-order valence-electron chi connectivity index (χ1n) is 11.9. The van der Waals surface area contributed by atoms with Crippen LogP contribution in [0.15, 0.2) is 72.8 Å². The molecular weight excluding hydrogens is 521 g/mol. The molecule has 0 heterocycles. The molecule has 0 aromatic heterocycles. The predicted octanol–water partition coefficient (Wildman–Crippen LogP) is 6.43. The van der Waals surface area contributed by atoms with E-state index in [0.717, 1.165) is 56.3 Å². The van der Waals surface area contributed by atoms with E-state index in [2.05, 4.69) is 60.7 Å². The molecule has 0 spiro atoms. The van der Waals surface area contributed by atoms with Crippen LogP contribution in [0.25, 0.3) is 0 Å². The molecule has 0 fully saturated rings. The summed E-state index contributed by atoms with van der Waals surface area (Å²) in [5, 5.41) is 11.3. The lowest BCUT2D eigenvalue weighted by Gasteiger charge is -2.11. The smallest absolute Gasteiger partial charge is 0.490 e. The Morgan fingerprint density at radius 1 is 0.947 bits per heavy atom. The average molecular weight is 553 g/mol. The molecule has 10 heteroatoms. The molecular formula is C28H32ClF3N2O4. The van der Waals surface area contributed by atoms with E-state index in [9.17, 15) is 13.2 Å². The summed E-state index contributed by atoms with van der Waals surface area (Å²) in [7, 11) is 4.16. The normalized spacial score (nSPS) is 11.0. The van der Waals surface area contributed by atoms with Crippen molar-refractivity contribution < 1.29 is 32.5 Å². The summed E-state index contributed by atoms with van der Waals surface area (Å²) in [4.78, 5) is 11.1. The number of carboxylic acids is 1. The van der Waals surface area contributed by atoms with Gasteiger partial charge < -0.3 is 24.8 Å². The van der Waals surface area contributed by atoms with Crippen molar-refractivity contribution >= 4 is 17.6 Å². The minimum absolute atomic E-state index is 0.701. The number of hydrogen-bond acceptors (Lipinski definition) is 5. The predicted molar refractivity (Wildman–Crippen MR) is 142 cm³/mol. The van der Waals surface area contributed by atoms with Gasteiger partial charge in [-0.2, -0.15) is 13.2 Å². The second-order valence-electron chi connectivity index (χ2n) is 8.58. The Bertz CT molecular complexity index is 1110.